The first-order valence-electron chi connectivity index (χ1n) is 21.8. The number of carbonyl (C=O) groups is 4. The van der Waals surface area contributed by atoms with Gasteiger partial charge in [-0.05, 0) is 56.4 Å². The number of nitrogens with one attached hydrogen (secondary N) is 2. The highest BCUT2D eigenvalue weighted by atomic mass is 16.8. The van der Waals surface area contributed by atoms with Gasteiger partial charge in [-0.3, -0.25) is 24.0 Å². The number of hydrogen-bond donors (Lipinski definition) is 4. The molecule has 14 heteroatoms. The summed E-state index contributed by atoms with van der Waals surface area (Å²) in [5.74, 6) is -3.22. The fourth-order valence-electron chi connectivity index (χ4n) is 9.32. The van der Waals surface area contributed by atoms with Crippen molar-refractivity contribution >= 4 is 29.8 Å². The van der Waals surface area contributed by atoms with Gasteiger partial charge in [0.25, 0.3) is 0 Å². The summed E-state index contributed by atoms with van der Waals surface area (Å²) in [5, 5.41) is 27.4. The molecule has 8 rings (SSSR count). The highest BCUT2D eigenvalue weighted by molar-refractivity contribution is 5.94. The number of aromatic hydroxyl groups is 1. The van der Waals surface area contributed by atoms with E-state index in [1.807, 2.05) is 109 Å². The molecule has 4 aromatic rings. The Morgan fingerprint density at radius 3 is 2.28 bits per heavy atom. The van der Waals surface area contributed by atoms with E-state index in [0.29, 0.717) is 17.5 Å². The Labute approximate surface area is 372 Å². The number of para-hydroxylation sites is 1. The monoisotopic (exact) mass is 873 g/mol. The molecule has 2 amide bonds. The van der Waals surface area contributed by atoms with Gasteiger partial charge in [0.2, 0.25) is 17.6 Å². The van der Waals surface area contributed by atoms with Crippen LogP contribution in [0.1, 0.15) is 74.3 Å². The Bertz CT molecular complexity index is 2310. The molecule has 14 nitrogen and oxygen atoms in total. The number of benzene rings is 4. The van der Waals surface area contributed by atoms with Gasteiger partial charge in [0.15, 0.2) is 6.04 Å². The first kappa shape index (κ1) is 44.7. The highest BCUT2D eigenvalue weighted by Crippen LogP contribution is 2.59. The molecule has 1 aliphatic carbocycles. The van der Waals surface area contributed by atoms with Gasteiger partial charge in [0.1, 0.15) is 41.2 Å². The number of phenols is 1. The van der Waals surface area contributed by atoms with Crippen LogP contribution in [-0.2, 0) is 61.7 Å². The van der Waals surface area contributed by atoms with Crippen LogP contribution in [0, 0.1) is 5.41 Å². The number of fused-ring (bicyclic) bond motifs is 4. The number of hydroxylamine groups is 2. The van der Waals surface area contributed by atoms with Gasteiger partial charge in [0.05, 0.1) is 19.2 Å². The summed E-state index contributed by atoms with van der Waals surface area (Å²) in [5.41, 5.74) is 1.74. The molecule has 4 aromatic carbocycles. The van der Waals surface area contributed by atoms with E-state index in [1.54, 1.807) is 32.9 Å². The molecule has 7 atom stereocenters. The summed E-state index contributed by atoms with van der Waals surface area (Å²) in [6.45, 7) is 4.93. The molecule has 3 saturated heterocycles. The van der Waals surface area contributed by atoms with Crippen molar-refractivity contribution in [1.82, 2.24) is 15.7 Å². The van der Waals surface area contributed by atoms with E-state index < -0.39 is 77.1 Å². The van der Waals surface area contributed by atoms with Crippen LogP contribution in [-0.4, -0.2) is 94.3 Å². The van der Waals surface area contributed by atoms with E-state index in [-0.39, 0.29) is 51.1 Å². The maximum absolute atomic E-state index is 14.9. The third-order valence-corrected chi connectivity index (χ3v) is 12.2. The number of ether oxygens (including phenoxy) is 4. The van der Waals surface area contributed by atoms with E-state index >= 15 is 0 Å². The minimum absolute atomic E-state index is 0.00297. The number of allylic oxidation sites excluding steroid dienone is 1. The van der Waals surface area contributed by atoms with E-state index in [1.165, 1.54) is 5.06 Å². The lowest BCUT2D eigenvalue weighted by molar-refractivity contribution is -0.213. The second-order valence-corrected chi connectivity index (χ2v) is 17.8. The SMILES string of the molecule is CC(C)(C)OC(=O)CCC(CO)NC(=O)CCNC(=O)C12CC3OC(=O)C1N(Cc1cccc(C=CCc4ccccc4O)c1)OC2C1OC(c2ccccc2)(c2ccccc2)OC31. The van der Waals surface area contributed by atoms with Crippen molar-refractivity contribution in [3.8, 4) is 5.75 Å². The molecule has 0 aromatic heterocycles. The molecule has 4 N–H and O–H groups in total. The van der Waals surface area contributed by atoms with Gasteiger partial charge < -0.3 is 39.8 Å². The number of esters is 2. The number of aliphatic hydroxyl groups is 1. The van der Waals surface area contributed by atoms with Crippen LogP contribution < -0.4 is 10.6 Å². The van der Waals surface area contributed by atoms with E-state index in [4.69, 9.17) is 23.8 Å². The van der Waals surface area contributed by atoms with Crippen LogP contribution >= 0.6 is 0 Å². The number of nitrogens with zero attached hydrogens (tertiary/aromatic N) is 1. The Morgan fingerprint density at radius 2 is 1.59 bits per heavy atom. The molecular weight excluding hydrogens is 819 g/mol. The summed E-state index contributed by atoms with van der Waals surface area (Å²) < 4.78 is 25.6. The molecule has 7 unspecified atom stereocenters. The van der Waals surface area contributed by atoms with Crippen LogP contribution in [0.3, 0.4) is 0 Å². The molecular formula is C50H55N3O11. The standard InChI is InChI=1S/C50H55N3O11/c1-48(2,3)61-41(57)25-24-37(31-54)52-40(56)26-27-51-47(59)49-29-39-42-43(63-50(62-42,35-19-6-4-7-20-35)36-21-8-5-9-22-36)45(49)64-53(44(49)46(58)60-39)30-33-16-12-14-32(28-33)15-13-18-34-17-10-11-23-38(34)55/h4-17,19-23,28,37,39,42-45,54-55H,18,24-27,29-31H2,1-3H3,(H,51,59)(H,52,56). The largest absolute Gasteiger partial charge is 0.508 e. The van der Waals surface area contributed by atoms with Crippen LogP contribution in [0.4, 0.5) is 0 Å². The first-order valence-corrected chi connectivity index (χ1v) is 21.8. The van der Waals surface area contributed by atoms with E-state index in [0.717, 1.165) is 16.7 Å². The third kappa shape index (κ3) is 9.19. The second-order valence-electron chi connectivity index (χ2n) is 17.8. The lowest BCUT2D eigenvalue weighted by Gasteiger charge is -2.48. The number of phenolic OH excluding ortho intramolecular Hbond substituents is 1. The van der Waals surface area contributed by atoms with Crippen molar-refractivity contribution in [2.75, 3.05) is 13.2 Å². The molecule has 4 fully saturated rings. The van der Waals surface area contributed by atoms with Crippen LogP contribution in [0.25, 0.3) is 6.08 Å². The quantitative estimate of drug-likeness (QED) is 0.108. The number of aliphatic hydroxyl groups excluding tert-OH is 1. The molecule has 2 bridgehead atoms. The minimum atomic E-state index is -1.51. The molecule has 0 radical (unpaired) electrons. The zero-order valence-electron chi connectivity index (χ0n) is 36.2. The van der Waals surface area contributed by atoms with E-state index in [2.05, 4.69) is 10.6 Å². The Kier molecular flexibility index (Phi) is 13.0. The zero-order chi connectivity index (χ0) is 45.1. The fourth-order valence-corrected chi connectivity index (χ4v) is 9.32. The molecule has 3 aliphatic heterocycles. The van der Waals surface area contributed by atoms with Gasteiger partial charge >= 0.3 is 11.9 Å². The maximum Gasteiger partial charge on any atom is 0.327 e. The second kappa shape index (κ2) is 18.7. The lowest BCUT2D eigenvalue weighted by atomic mass is 9.62. The highest BCUT2D eigenvalue weighted by Gasteiger charge is 2.76. The van der Waals surface area contributed by atoms with Gasteiger partial charge in [-0.15, -0.1) is 0 Å². The normalized spacial score (nSPS) is 25.0. The third-order valence-electron chi connectivity index (χ3n) is 12.2. The van der Waals surface area contributed by atoms with Crippen molar-refractivity contribution in [3.63, 3.8) is 0 Å². The van der Waals surface area contributed by atoms with Crippen LogP contribution in [0.15, 0.2) is 115 Å². The number of carbonyl (C=O) groups excluding carboxylic acids is 4. The van der Waals surface area contributed by atoms with Gasteiger partial charge in [-0.2, -0.15) is 5.06 Å². The average Bonchev–Trinajstić information content (AvgIpc) is 3.86. The molecule has 64 heavy (non-hydrogen) atoms. The van der Waals surface area contributed by atoms with E-state index in [9.17, 15) is 29.4 Å². The summed E-state index contributed by atoms with van der Waals surface area (Å²) in [4.78, 5) is 61.5. The minimum Gasteiger partial charge on any atom is -0.508 e. The number of rotatable bonds is 16. The first-order chi connectivity index (χ1) is 30.8. The molecule has 1 saturated carbocycles. The van der Waals surface area contributed by atoms with Crippen LogP contribution in [0.2, 0.25) is 0 Å². The van der Waals surface area contributed by atoms with Gasteiger partial charge in [-0.25, -0.2) is 0 Å². The van der Waals surface area contributed by atoms with Crippen molar-refractivity contribution in [2.45, 2.75) is 107 Å². The summed E-state index contributed by atoms with van der Waals surface area (Å²) in [7, 11) is 0. The predicted octanol–water partition coefficient (Wildman–Crippen LogP) is 5.24. The Morgan fingerprint density at radius 1 is 0.906 bits per heavy atom. The summed E-state index contributed by atoms with van der Waals surface area (Å²) >= 11 is 0. The summed E-state index contributed by atoms with van der Waals surface area (Å²) in [6, 6.07) is 32.0. The number of hydrogen-bond acceptors (Lipinski definition) is 12. The molecule has 4 aliphatic rings. The molecule has 3 heterocycles. The fraction of sp³-hybridized carbons (Fsp3) is 0.400. The van der Waals surface area contributed by atoms with Crippen molar-refractivity contribution in [3.05, 3.63) is 143 Å². The summed E-state index contributed by atoms with van der Waals surface area (Å²) in [6.07, 6.45) is 0.969. The van der Waals surface area contributed by atoms with Crippen molar-refractivity contribution < 1.29 is 53.2 Å². The Balaban J connectivity index is 1.05. The smallest absolute Gasteiger partial charge is 0.327 e. The molecule has 0 spiro atoms. The van der Waals surface area contributed by atoms with Crippen molar-refractivity contribution in [1.29, 1.82) is 0 Å². The lowest BCUT2D eigenvalue weighted by Crippen LogP contribution is -2.69. The van der Waals surface area contributed by atoms with Gasteiger partial charge in [-0.1, -0.05) is 115 Å². The Hall–Kier alpha value is -5.90. The average molecular weight is 874 g/mol. The predicted molar refractivity (Wildman–Crippen MR) is 234 cm³/mol. The zero-order valence-corrected chi connectivity index (χ0v) is 36.2. The van der Waals surface area contributed by atoms with Gasteiger partial charge in [0, 0.05) is 36.9 Å². The van der Waals surface area contributed by atoms with Crippen molar-refractivity contribution in [2.24, 2.45) is 5.41 Å². The van der Waals surface area contributed by atoms with Crippen LogP contribution in [0.5, 0.6) is 5.75 Å². The maximum atomic E-state index is 14.9. The number of amides is 2. The topological polar surface area (TPSA) is 182 Å². The molecule has 336 valence electrons.